The van der Waals surface area contributed by atoms with Crippen LogP contribution in [0.1, 0.15) is 25.0 Å². The van der Waals surface area contributed by atoms with Crippen LogP contribution in [-0.4, -0.2) is 6.29 Å². The largest absolute Gasteiger partial charge is 0.468 e. The summed E-state index contributed by atoms with van der Waals surface area (Å²) in [5.41, 5.74) is -0.260. The average Bonchev–Trinajstić information content (AvgIpc) is 2.39. The summed E-state index contributed by atoms with van der Waals surface area (Å²) in [6.45, 7) is 0. The zero-order valence-corrected chi connectivity index (χ0v) is 6.25. The summed E-state index contributed by atoms with van der Waals surface area (Å²) in [5, 5.41) is 0. The number of carbonyl (C=O) groups excluding carboxylic acids is 1. The Morgan fingerprint density at radius 3 is 2.73 bits per heavy atom. The van der Waals surface area contributed by atoms with Crippen molar-refractivity contribution in [3.8, 4) is 0 Å². The Bertz CT molecular complexity index is 245. The van der Waals surface area contributed by atoms with Crippen molar-refractivity contribution in [3.63, 3.8) is 0 Å². The summed E-state index contributed by atoms with van der Waals surface area (Å²) in [6, 6.07) is 3.71. The van der Waals surface area contributed by atoms with E-state index in [2.05, 4.69) is 0 Å². The smallest absolute Gasteiger partial charge is 0.133 e. The molecule has 1 saturated carbocycles. The molecule has 1 aliphatic rings. The molecule has 2 rings (SSSR count). The van der Waals surface area contributed by atoms with Crippen molar-refractivity contribution in [1.29, 1.82) is 0 Å². The summed E-state index contributed by atoms with van der Waals surface area (Å²) >= 11 is 0. The Labute approximate surface area is 65.2 Å². The first kappa shape index (κ1) is 6.65. The maximum atomic E-state index is 10.7. The lowest BCUT2D eigenvalue weighted by atomic mass is 9.68. The van der Waals surface area contributed by atoms with Crippen molar-refractivity contribution in [3.05, 3.63) is 24.2 Å². The second kappa shape index (κ2) is 2.22. The van der Waals surface area contributed by atoms with Crippen molar-refractivity contribution in [1.82, 2.24) is 0 Å². The van der Waals surface area contributed by atoms with Crippen molar-refractivity contribution >= 4 is 6.29 Å². The van der Waals surface area contributed by atoms with Crippen molar-refractivity contribution in [2.24, 2.45) is 0 Å². The summed E-state index contributed by atoms with van der Waals surface area (Å²) in [4.78, 5) is 10.7. The van der Waals surface area contributed by atoms with Gasteiger partial charge in [0, 0.05) is 0 Å². The van der Waals surface area contributed by atoms with E-state index < -0.39 is 0 Å². The predicted molar refractivity (Wildman–Crippen MR) is 40.3 cm³/mol. The van der Waals surface area contributed by atoms with E-state index in [1.165, 1.54) is 0 Å². The van der Waals surface area contributed by atoms with Crippen LogP contribution < -0.4 is 0 Å². The maximum Gasteiger partial charge on any atom is 0.133 e. The van der Waals surface area contributed by atoms with Gasteiger partial charge in [0.25, 0.3) is 0 Å². The highest BCUT2D eigenvalue weighted by molar-refractivity contribution is 5.68. The molecule has 0 N–H and O–H groups in total. The average molecular weight is 150 g/mol. The second-order valence-corrected chi connectivity index (χ2v) is 3.10. The fraction of sp³-hybridized carbons (Fsp3) is 0.444. The molecule has 1 aromatic heterocycles. The number of rotatable bonds is 2. The van der Waals surface area contributed by atoms with E-state index >= 15 is 0 Å². The summed E-state index contributed by atoms with van der Waals surface area (Å²) in [6.07, 6.45) is 5.68. The topological polar surface area (TPSA) is 30.2 Å². The van der Waals surface area contributed by atoms with Crippen LogP contribution in [0.5, 0.6) is 0 Å². The van der Waals surface area contributed by atoms with E-state index in [0.29, 0.717) is 0 Å². The fourth-order valence-corrected chi connectivity index (χ4v) is 1.54. The van der Waals surface area contributed by atoms with Crippen molar-refractivity contribution in [2.75, 3.05) is 0 Å². The first-order valence-electron chi connectivity index (χ1n) is 3.88. The fourth-order valence-electron chi connectivity index (χ4n) is 1.54. The van der Waals surface area contributed by atoms with Gasteiger partial charge in [0.2, 0.25) is 0 Å². The summed E-state index contributed by atoms with van der Waals surface area (Å²) in [5.74, 6) is 0.832. The Balaban J connectivity index is 2.32. The third-order valence-corrected chi connectivity index (χ3v) is 2.48. The highest BCUT2D eigenvalue weighted by Crippen LogP contribution is 2.41. The van der Waals surface area contributed by atoms with Gasteiger partial charge in [-0.05, 0) is 25.0 Å². The van der Waals surface area contributed by atoms with E-state index in [9.17, 15) is 4.79 Å². The Morgan fingerprint density at radius 2 is 2.36 bits per heavy atom. The summed E-state index contributed by atoms with van der Waals surface area (Å²) in [7, 11) is 0. The molecule has 58 valence electrons. The number of furan rings is 1. The molecule has 0 spiro atoms. The molecule has 2 nitrogen and oxygen atoms in total. The van der Waals surface area contributed by atoms with Gasteiger partial charge in [0.05, 0.1) is 11.7 Å². The van der Waals surface area contributed by atoms with Crippen LogP contribution in [0.3, 0.4) is 0 Å². The third-order valence-electron chi connectivity index (χ3n) is 2.48. The van der Waals surface area contributed by atoms with E-state index in [1.54, 1.807) is 6.26 Å². The van der Waals surface area contributed by atoms with Crippen LogP contribution in [0.2, 0.25) is 0 Å². The third kappa shape index (κ3) is 0.821. The number of carbonyl (C=O) groups is 1. The van der Waals surface area contributed by atoms with Gasteiger partial charge < -0.3 is 9.21 Å². The predicted octanol–water partition coefficient (Wildman–Crippen LogP) is 1.90. The minimum Gasteiger partial charge on any atom is -0.468 e. The van der Waals surface area contributed by atoms with Crippen LogP contribution in [0.25, 0.3) is 0 Å². The molecule has 0 radical (unpaired) electrons. The lowest BCUT2D eigenvalue weighted by Gasteiger charge is -2.34. The molecule has 1 aliphatic carbocycles. The molecule has 0 bridgehead atoms. The molecule has 0 atom stereocenters. The van der Waals surface area contributed by atoms with Gasteiger partial charge in [-0.25, -0.2) is 0 Å². The Morgan fingerprint density at radius 1 is 1.55 bits per heavy atom. The van der Waals surface area contributed by atoms with E-state index in [1.807, 2.05) is 12.1 Å². The minimum atomic E-state index is -0.260. The number of hydrogen-bond donors (Lipinski definition) is 0. The highest BCUT2D eigenvalue weighted by atomic mass is 16.3. The summed E-state index contributed by atoms with van der Waals surface area (Å²) < 4.78 is 5.20. The van der Waals surface area contributed by atoms with Gasteiger partial charge in [0.1, 0.15) is 12.0 Å². The standard InChI is InChI=1S/C9H10O2/c10-7-9(4-2-5-9)8-3-1-6-11-8/h1,3,6-7H,2,4-5H2. The first-order chi connectivity index (χ1) is 5.37. The SMILES string of the molecule is O=CC1(c2ccco2)CCC1. The van der Waals surface area contributed by atoms with Gasteiger partial charge in [0.15, 0.2) is 0 Å². The molecular formula is C9H10O2. The van der Waals surface area contributed by atoms with Crippen LogP contribution >= 0.6 is 0 Å². The molecular weight excluding hydrogens is 140 g/mol. The van der Waals surface area contributed by atoms with Gasteiger partial charge >= 0.3 is 0 Å². The highest BCUT2D eigenvalue weighted by Gasteiger charge is 2.40. The molecule has 1 fully saturated rings. The van der Waals surface area contributed by atoms with E-state index in [-0.39, 0.29) is 5.41 Å². The quantitative estimate of drug-likeness (QED) is 0.603. The van der Waals surface area contributed by atoms with Gasteiger partial charge in [-0.2, -0.15) is 0 Å². The first-order valence-corrected chi connectivity index (χ1v) is 3.88. The van der Waals surface area contributed by atoms with Crippen molar-refractivity contribution < 1.29 is 9.21 Å². The zero-order chi connectivity index (χ0) is 7.73. The molecule has 0 saturated heterocycles. The molecule has 1 aromatic rings. The number of aldehydes is 1. The Hall–Kier alpha value is -1.05. The van der Waals surface area contributed by atoms with Gasteiger partial charge in [-0.3, -0.25) is 0 Å². The van der Waals surface area contributed by atoms with Crippen LogP contribution in [0.15, 0.2) is 22.8 Å². The number of hydrogen-bond acceptors (Lipinski definition) is 2. The van der Waals surface area contributed by atoms with Gasteiger partial charge in [-0.1, -0.05) is 6.42 Å². The lowest BCUT2D eigenvalue weighted by Crippen LogP contribution is -2.35. The van der Waals surface area contributed by atoms with E-state index in [4.69, 9.17) is 4.42 Å². The van der Waals surface area contributed by atoms with Crippen LogP contribution in [0, 0.1) is 0 Å². The monoisotopic (exact) mass is 150 g/mol. The Kier molecular flexibility index (Phi) is 1.34. The molecule has 0 aliphatic heterocycles. The van der Waals surface area contributed by atoms with Crippen LogP contribution in [0.4, 0.5) is 0 Å². The molecule has 0 amide bonds. The molecule has 1 heterocycles. The maximum absolute atomic E-state index is 10.7. The minimum absolute atomic E-state index is 0.260. The zero-order valence-electron chi connectivity index (χ0n) is 6.25. The molecule has 11 heavy (non-hydrogen) atoms. The molecule has 0 unspecified atom stereocenters. The molecule has 0 aromatic carbocycles. The normalized spacial score (nSPS) is 20.7. The second-order valence-electron chi connectivity index (χ2n) is 3.10. The van der Waals surface area contributed by atoms with Gasteiger partial charge in [-0.15, -0.1) is 0 Å². The molecule has 2 heteroatoms. The van der Waals surface area contributed by atoms with Crippen LogP contribution in [-0.2, 0) is 10.2 Å². The lowest BCUT2D eigenvalue weighted by molar-refractivity contribution is -0.116. The van der Waals surface area contributed by atoms with E-state index in [0.717, 1.165) is 31.3 Å². The van der Waals surface area contributed by atoms with Crippen molar-refractivity contribution in [2.45, 2.75) is 24.7 Å².